The van der Waals surface area contributed by atoms with Gasteiger partial charge in [0.1, 0.15) is 0 Å². The second kappa shape index (κ2) is 5.32. The number of rotatable bonds is 4. The molecule has 1 aromatic rings. The Morgan fingerprint density at radius 2 is 2.19 bits per heavy atom. The molecule has 0 saturated heterocycles. The number of benzene rings is 1. The molecule has 1 rings (SSSR count). The molecule has 1 atom stereocenters. The van der Waals surface area contributed by atoms with Crippen LogP contribution in [0.1, 0.15) is 18.5 Å². The summed E-state index contributed by atoms with van der Waals surface area (Å²) in [6.07, 6.45) is 1.63. The fourth-order valence-electron chi connectivity index (χ4n) is 1.27. The molecular weight excluding hydrogens is 206 g/mol. The number of ether oxygens (including phenoxy) is 2. The number of carbonyl (C=O) groups excluding carboxylic acids is 1. The first-order chi connectivity index (χ1) is 7.58. The van der Waals surface area contributed by atoms with Gasteiger partial charge in [-0.1, -0.05) is 12.1 Å². The molecule has 4 heteroatoms. The highest BCUT2D eigenvalue weighted by Crippen LogP contribution is 2.30. The third-order valence-electron chi connectivity index (χ3n) is 2.08. The first kappa shape index (κ1) is 12.3. The Morgan fingerprint density at radius 1 is 1.50 bits per heavy atom. The van der Waals surface area contributed by atoms with Crippen LogP contribution in [0.25, 0.3) is 0 Å². The van der Waals surface area contributed by atoms with Gasteiger partial charge in [-0.3, -0.25) is 4.79 Å². The van der Waals surface area contributed by atoms with Gasteiger partial charge in [-0.25, -0.2) is 0 Å². The quantitative estimate of drug-likeness (QED) is 0.478. The van der Waals surface area contributed by atoms with E-state index < -0.39 is 0 Å². The Bertz CT molecular complexity index is 401. The zero-order valence-electron chi connectivity index (χ0n) is 9.40. The molecule has 0 fully saturated rings. The van der Waals surface area contributed by atoms with Crippen molar-refractivity contribution >= 4 is 5.97 Å². The largest absolute Gasteiger partial charge is 0.493 e. The van der Waals surface area contributed by atoms with Gasteiger partial charge in [0.05, 0.1) is 7.11 Å². The highest BCUT2D eigenvalue weighted by Gasteiger charge is 2.10. The Kier molecular flexibility index (Phi) is 4.08. The van der Waals surface area contributed by atoms with E-state index in [0.717, 1.165) is 5.56 Å². The van der Waals surface area contributed by atoms with Crippen molar-refractivity contribution in [2.45, 2.75) is 13.0 Å². The van der Waals surface area contributed by atoms with Gasteiger partial charge in [-0.05, 0) is 17.7 Å². The summed E-state index contributed by atoms with van der Waals surface area (Å²) in [5, 5.41) is 0. The van der Waals surface area contributed by atoms with Crippen molar-refractivity contribution in [2.75, 3.05) is 7.11 Å². The van der Waals surface area contributed by atoms with Gasteiger partial charge in [0.15, 0.2) is 11.5 Å². The molecule has 0 amide bonds. The van der Waals surface area contributed by atoms with Crippen LogP contribution in [0.15, 0.2) is 30.9 Å². The van der Waals surface area contributed by atoms with Gasteiger partial charge in [0, 0.05) is 13.0 Å². The smallest absolute Gasteiger partial charge is 0.308 e. The highest BCUT2D eigenvalue weighted by atomic mass is 16.6. The summed E-state index contributed by atoms with van der Waals surface area (Å²) < 4.78 is 10.1. The zero-order valence-corrected chi connectivity index (χ0v) is 9.40. The number of nitrogens with two attached hydrogens (primary N) is 1. The minimum Gasteiger partial charge on any atom is -0.493 e. The summed E-state index contributed by atoms with van der Waals surface area (Å²) in [7, 11) is 1.51. The van der Waals surface area contributed by atoms with E-state index in [1.807, 2.05) is 0 Å². The summed E-state index contributed by atoms with van der Waals surface area (Å²) >= 11 is 0. The molecule has 0 unspecified atom stereocenters. The second-order valence-electron chi connectivity index (χ2n) is 3.27. The maximum atomic E-state index is 10.8. The number of carbonyl (C=O) groups is 1. The maximum absolute atomic E-state index is 10.8. The Hall–Kier alpha value is -1.81. The Labute approximate surface area is 94.7 Å². The molecule has 0 heterocycles. The van der Waals surface area contributed by atoms with Gasteiger partial charge < -0.3 is 15.2 Å². The fraction of sp³-hybridized carbons (Fsp3) is 0.250. The van der Waals surface area contributed by atoms with E-state index in [9.17, 15) is 4.79 Å². The molecule has 0 saturated carbocycles. The molecule has 0 bridgehead atoms. The molecule has 1 aromatic carbocycles. The van der Waals surface area contributed by atoms with Crippen molar-refractivity contribution in [1.82, 2.24) is 0 Å². The molecule has 0 aliphatic rings. The lowest BCUT2D eigenvalue weighted by atomic mass is 10.1. The van der Waals surface area contributed by atoms with Crippen molar-refractivity contribution in [2.24, 2.45) is 5.73 Å². The van der Waals surface area contributed by atoms with E-state index in [2.05, 4.69) is 6.58 Å². The normalized spacial score (nSPS) is 11.7. The van der Waals surface area contributed by atoms with Crippen LogP contribution in [0.2, 0.25) is 0 Å². The van der Waals surface area contributed by atoms with Crippen molar-refractivity contribution < 1.29 is 14.3 Å². The zero-order chi connectivity index (χ0) is 12.1. The summed E-state index contributed by atoms with van der Waals surface area (Å²) in [6, 6.07) is 4.89. The predicted molar refractivity (Wildman–Crippen MR) is 61.4 cm³/mol. The molecule has 0 spiro atoms. The highest BCUT2D eigenvalue weighted by molar-refractivity contribution is 5.70. The topological polar surface area (TPSA) is 61.5 Å². The number of esters is 1. The molecule has 0 aromatic heterocycles. The number of methoxy groups -OCH3 is 1. The number of hydrogen-bond donors (Lipinski definition) is 1. The summed E-state index contributed by atoms with van der Waals surface area (Å²) in [6.45, 7) is 4.95. The van der Waals surface area contributed by atoms with Crippen molar-refractivity contribution in [3.8, 4) is 11.5 Å². The van der Waals surface area contributed by atoms with Crippen molar-refractivity contribution in [3.05, 3.63) is 36.4 Å². The van der Waals surface area contributed by atoms with E-state index in [4.69, 9.17) is 15.2 Å². The average molecular weight is 221 g/mol. The van der Waals surface area contributed by atoms with Crippen LogP contribution >= 0.6 is 0 Å². The molecule has 0 aliphatic heterocycles. The lowest BCUT2D eigenvalue weighted by Gasteiger charge is -2.12. The number of hydrogen-bond acceptors (Lipinski definition) is 4. The minimum atomic E-state index is -0.390. The van der Waals surface area contributed by atoms with E-state index in [-0.39, 0.29) is 12.0 Å². The monoisotopic (exact) mass is 221 g/mol. The molecule has 0 aliphatic carbocycles. The Morgan fingerprint density at radius 3 is 2.69 bits per heavy atom. The van der Waals surface area contributed by atoms with Gasteiger partial charge in [0.2, 0.25) is 0 Å². The summed E-state index contributed by atoms with van der Waals surface area (Å²) in [4.78, 5) is 10.8. The van der Waals surface area contributed by atoms with Gasteiger partial charge >= 0.3 is 5.97 Å². The van der Waals surface area contributed by atoms with E-state index in [1.54, 1.807) is 24.3 Å². The molecule has 86 valence electrons. The van der Waals surface area contributed by atoms with Crippen LogP contribution in [-0.4, -0.2) is 13.1 Å². The van der Waals surface area contributed by atoms with Crippen LogP contribution in [0.5, 0.6) is 11.5 Å². The molecular formula is C12H15NO3. The molecule has 16 heavy (non-hydrogen) atoms. The first-order valence-corrected chi connectivity index (χ1v) is 4.83. The lowest BCUT2D eigenvalue weighted by molar-refractivity contribution is -0.132. The third-order valence-corrected chi connectivity index (χ3v) is 2.08. The van der Waals surface area contributed by atoms with Gasteiger partial charge in [0.25, 0.3) is 0 Å². The van der Waals surface area contributed by atoms with Crippen molar-refractivity contribution in [3.63, 3.8) is 0 Å². The lowest BCUT2D eigenvalue weighted by Crippen LogP contribution is -2.08. The van der Waals surface area contributed by atoms with Crippen LogP contribution in [0.3, 0.4) is 0 Å². The van der Waals surface area contributed by atoms with E-state index in [1.165, 1.54) is 14.0 Å². The average Bonchev–Trinajstić information content (AvgIpc) is 2.27. The van der Waals surface area contributed by atoms with Crippen LogP contribution in [0, 0.1) is 0 Å². The third kappa shape index (κ3) is 2.84. The molecule has 2 N–H and O–H groups in total. The van der Waals surface area contributed by atoms with Crippen LogP contribution in [0.4, 0.5) is 0 Å². The SMILES string of the molecule is C=C[C@@H](N)c1ccc(OC(C)=O)c(OC)c1. The van der Waals surface area contributed by atoms with Crippen molar-refractivity contribution in [1.29, 1.82) is 0 Å². The minimum absolute atomic E-state index is 0.264. The summed E-state index contributed by atoms with van der Waals surface area (Å²) in [5.74, 6) is 0.471. The van der Waals surface area contributed by atoms with Gasteiger partial charge in [-0.2, -0.15) is 0 Å². The fourth-order valence-corrected chi connectivity index (χ4v) is 1.27. The van der Waals surface area contributed by atoms with Crippen LogP contribution < -0.4 is 15.2 Å². The van der Waals surface area contributed by atoms with E-state index >= 15 is 0 Å². The first-order valence-electron chi connectivity index (χ1n) is 4.83. The predicted octanol–water partition coefficient (Wildman–Crippen LogP) is 1.81. The standard InChI is InChI=1S/C12H15NO3/c1-4-10(13)9-5-6-11(16-8(2)14)12(7-9)15-3/h4-7,10H,1,13H2,2-3H3/t10-/m1/s1. The molecule has 4 nitrogen and oxygen atoms in total. The van der Waals surface area contributed by atoms with E-state index in [0.29, 0.717) is 11.5 Å². The summed E-state index contributed by atoms with van der Waals surface area (Å²) in [5.41, 5.74) is 6.64. The van der Waals surface area contributed by atoms with Gasteiger partial charge in [-0.15, -0.1) is 6.58 Å². The van der Waals surface area contributed by atoms with Crippen LogP contribution in [-0.2, 0) is 4.79 Å². The second-order valence-corrected chi connectivity index (χ2v) is 3.27. The Balaban J connectivity index is 3.05. The maximum Gasteiger partial charge on any atom is 0.308 e. The molecule has 0 radical (unpaired) electrons.